The molecule has 0 saturated carbocycles. The zero-order chi connectivity index (χ0) is 23.9. The number of hydrogen-bond acceptors (Lipinski definition) is 3. The highest BCUT2D eigenvalue weighted by molar-refractivity contribution is 7.80. The van der Waals surface area contributed by atoms with Crippen LogP contribution in [0.1, 0.15) is 17.5 Å². The fourth-order valence-electron chi connectivity index (χ4n) is 4.05. The van der Waals surface area contributed by atoms with E-state index in [9.17, 15) is 9.59 Å². The van der Waals surface area contributed by atoms with E-state index in [1.807, 2.05) is 89.8 Å². The summed E-state index contributed by atoms with van der Waals surface area (Å²) in [7, 11) is 0. The standard InChI is InChI=1S/C27H26ClN3O2S/c28-22-13-11-21(12-14-22)15-17-30-24(19-25(32)29-23-9-5-2-6-10-23)26(33)31(27(30)34)18-16-20-7-3-1-4-8-20/h1-14,24H,15-19H2,(H,29,32). The van der Waals surface area contributed by atoms with Crippen molar-refractivity contribution in [3.8, 4) is 0 Å². The van der Waals surface area contributed by atoms with Crippen molar-refractivity contribution in [3.05, 3.63) is 101 Å². The van der Waals surface area contributed by atoms with Crippen molar-refractivity contribution in [1.29, 1.82) is 0 Å². The zero-order valence-electron chi connectivity index (χ0n) is 18.7. The molecule has 1 aliphatic rings. The minimum atomic E-state index is -0.626. The number of anilines is 1. The molecule has 5 nitrogen and oxygen atoms in total. The number of hydrogen-bond donors (Lipinski definition) is 1. The van der Waals surface area contributed by atoms with Crippen LogP contribution in [0.3, 0.4) is 0 Å². The lowest BCUT2D eigenvalue weighted by Crippen LogP contribution is -2.39. The van der Waals surface area contributed by atoms with Crippen LogP contribution in [-0.4, -0.2) is 45.9 Å². The van der Waals surface area contributed by atoms with Crippen LogP contribution in [0.5, 0.6) is 0 Å². The highest BCUT2D eigenvalue weighted by atomic mass is 35.5. The maximum Gasteiger partial charge on any atom is 0.252 e. The quantitative estimate of drug-likeness (QED) is 0.430. The summed E-state index contributed by atoms with van der Waals surface area (Å²) in [6, 6.07) is 26.2. The Bertz CT molecular complexity index is 1140. The molecule has 1 fully saturated rings. The van der Waals surface area contributed by atoms with E-state index in [0.717, 1.165) is 11.1 Å². The van der Waals surface area contributed by atoms with E-state index in [2.05, 4.69) is 5.32 Å². The maximum atomic E-state index is 13.4. The van der Waals surface area contributed by atoms with Gasteiger partial charge in [-0.3, -0.25) is 14.5 Å². The normalized spacial score (nSPS) is 15.6. The van der Waals surface area contributed by atoms with Gasteiger partial charge in [0.2, 0.25) is 5.91 Å². The van der Waals surface area contributed by atoms with E-state index in [0.29, 0.717) is 41.8 Å². The van der Waals surface area contributed by atoms with Crippen LogP contribution in [-0.2, 0) is 22.4 Å². The van der Waals surface area contributed by atoms with Gasteiger partial charge >= 0.3 is 0 Å². The summed E-state index contributed by atoms with van der Waals surface area (Å²) in [6.45, 7) is 1.02. The third-order valence-corrected chi connectivity index (χ3v) is 6.57. The van der Waals surface area contributed by atoms with Crippen LogP contribution >= 0.6 is 23.8 Å². The van der Waals surface area contributed by atoms with Crippen molar-refractivity contribution in [1.82, 2.24) is 9.80 Å². The second-order valence-corrected chi connectivity index (χ2v) is 9.01. The molecule has 34 heavy (non-hydrogen) atoms. The second-order valence-electron chi connectivity index (χ2n) is 8.21. The summed E-state index contributed by atoms with van der Waals surface area (Å²) >= 11 is 11.7. The summed E-state index contributed by atoms with van der Waals surface area (Å²) < 4.78 is 0. The van der Waals surface area contributed by atoms with E-state index in [1.54, 1.807) is 4.90 Å². The van der Waals surface area contributed by atoms with Gasteiger partial charge in [-0.25, -0.2) is 0 Å². The molecule has 2 amide bonds. The summed E-state index contributed by atoms with van der Waals surface area (Å²) in [5, 5.41) is 4.04. The molecule has 7 heteroatoms. The van der Waals surface area contributed by atoms with Crippen LogP contribution in [0.4, 0.5) is 5.69 Å². The van der Waals surface area contributed by atoms with E-state index in [4.69, 9.17) is 23.8 Å². The smallest absolute Gasteiger partial charge is 0.252 e. The van der Waals surface area contributed by atoms with Gasteiger partial charge in [-0.05, 0) is 60.5 Å². The number of halogens is 1. The fourth-order valence-corrected chi connectivity index (χ4v) is 4.57. The zero-order valence-corrected chi connectivity index (χ0v) is 20.3. The van der Waals surface area contributed by atoms with Gasteiger partial charge in [0.05, 0.1) is 6.42 Å². The Kier molecular flexibility index (Phi) is 7.93. The van der Waals surface area contributed by atoms with E-state index in [-0.39, 0.29) is 18.2 Å². The van der Waals surface area contributed by atoms with Crippen molar-refractivity contribution in [2.24, 2.45) is 0 Å². The maximum absolute atomic E-state index is 13.4. The van der Waals surface area contributed by atoms with Crippen molar-refractivity contribution in [2.45, 2.75) is 25.3 Å². The summed E-state index contributed by atoms with van der Waals surface area (Å²) in [4.78, 5) is 29.7. The molecule has 0 spiro atoms. The molecule has 0 bridgehead atoms. The number of rotatable bonds is 9. The Hall–Kier alpha value is -3.22. The molecule has 0 aromatic heterocycles. The average molecular weight is 492 g/mol. The lowest BCUT2D eigenvalue weighted by Gasteiger charge is -2.24. The van der Waals surface area contributed by atoms with Crippen molar-refractivity contribution in [3.63, 3.8) is 0 Å². The van der Waals surface area contributed by atoms with Crippen LogP contribution in [0.25, 0.3) is 0 Å². The number of nitrogens with zero attached hydrogens (tertiary/aromatic N) is 2. The van der Waals surface area contributed by atoms with Crippen molar-refractivity contribution >= 4 is 46.4 Å². The number of nitrogens with one attached hydrogen (secondary N) is 1. The number of amides is 2. The highest BCUT2D eigenvalue weighted by Gasteiger charge is 2.42. The molecule has 1 saturated heterocycles. The van der Waals surface area contributed by atoms with E-state index < -0.39 is 6.04 Å². The lowest BCUT2D eigenvalue weighted by atomic mass is 10.1. The Morgan fingerprint density at radius 2 is 1.44 bits per heavy atom. The molecule has 1 unspecified atom stereocenters. The Morgan fingerprint density at radius 1 is 0.853 bits per heavy atom. The first-order valence-corrected chi connectivity index (χ1v) is 12.0. The molecule has 3 aromatic rings. The first-order chi connectivity index (χ1) is 16.5. The number of benzene rings is 3. The van der Waals surface area contributed by atoms with Crippen LogP contribution in [0.2, 0.25) is 5.02 Å². The molecule has 174 valence electrons. The molecule has 0 radical (unpaired) electrons. The van der Waals surface area contributed by atoms with Gasteiger partial charge in [-0.1, -0.05) is 72.3 Å². The van der Waals surface area contributed by atoms with Gasteiger partial charge in [-0.2, -0.15) is 0 Å². The average Bonchev–Trinajstić information content (AvgIpc) is 3.07. The third kappa shape index (κ3) is 6.01. The van der Waals surface area contributed by atoms with E-state index in [1.165, 1.54) is 0 Å². The molecule has 3 aromatic carbocycles. The van der Waals surface area contributed by atoms with Crippen molar-refractivity contribution < 1.29 is 9.59 Å². The first-order valence-electron chi connectivity index (χ1n) is 11.3. The first kappa shape index (κ1) is 23.9. The number of carbonyl (C=O) groups is 2. The number of carbonyl (C=O) groups excluding carboxylic acids is 2. The molecular formula is C27H26ClN3O2S. The van der Waals surface area contributed by atoms with Crippen LogP contribution in [0.15, 0.2) is 84.9 Å². The van der Waals surface area contributed by atoms with Crippen molar-refractivity contribution in [2.75, 3.05) is 18.4 Å². The minimum absolute atomic E-state index is 0.0380. The molecular weight excluding hydrogens is 466 g/mol. The van der Waals surface area contributed by atoms with Gasteiger partial charge in [0, 0.05) is 23.8 Å². The van der Waals surface area contributed by atoms with Gasteiger partial charge in [0.25, 0.3) is 5.91 Å². The molecule has 1 atom stereocenters. The molecule has 4 rings (SSSR count). The van der Waals surface area contributed by atoms with Gasteiger partial charge < -0.3 is 10.2 Å². The van der Waals surface area contributed by atoms with Gasteiger partial charge in [0.15, 0.2) is 5.11 Å². The number of para-hydroxylation sites is 1. The molecule has 1 N–H and O–H groups in total. The largest absolute Gasteiger partial charge is 0.336 e. The third-order valence-electron chi connectivity index (χ3n) is 5.86. The topological polar surface area (TPSA) is 52.7 Å². The second kappa shape index (κ2) is 11.3. The molecule has 1 aliphatic heterocycles. The van der Waals surface area contributed by atoms with Gasteiger partial charge in [-0.15, -0.1) is 0 Å². The van der Waals surface area contributed by atoms with Crippen LogP contribution < -0.4 is 5.32 Å². The Balaban J connectivity index is 1.47. The number of thiocarbonyl (C=S) groups is 1. The summed E-state index contributed by atoms with van der Waals surface area (Å²) in [5.41, 5.74) is 2.93. The van der Waals surface area contributed by atoms with Crippen LogP contribution in [0, 0.1) is 0 Å². The fraction of sp³-hybridized carbons (Fsp3) is 0.222. The monoisotopic (exact) mass is 491 g/mol. The van der Waals surface area contributed by atoms with E-state index >= 15 is 0 Å². The lowest BCUT2D eigenvalue weighted by molar-refractivity contribution is -0.130. The minimum Gasteiger partial charge on any atom is -0.336 e. The Labute approximate surface area is 210 Å². The SMILES string of the molecule is O=C(CC1C(=O)N(CCc2ccccc2)C(=S)N1CCc1ccc(Cl)cc1)Nc1ccccc1. The predicted molar refractivity (Wildman–Crippen MR) is 140 cm³/mol. The molecule has 1 heterocycles. The highest BCUT2D eigenvalue weighted by Crippen LogP contribution is 2.23. The van der Waals surface area contributed by atoms with Gasteiger partial charge in [0.1, 0.15) is 6.04 Å². The predicted octanol–water partition coefficient (Wildman–Crippen LogP) is 4.95. The summed E-state index contributed by atoms with van der Waals surface area (Å²) in [5.74, 6) is -0.339. The molecule has 0 aliphatic carbocycles. The Morgan fingerprint density at radius 3 is 2.12 bits per heavy atom. The summed E-state index contributed by atoms with van der Waals surface area (Å²) in [6.07, 6.45) is 1.42.